The first kappa shape index (κ1) is 19.5. The fourth-order valence-corrected chi connectivity index (χ4v) is 3.10. The van der Waals surface area contributed by atoms with Crippen LogP contribution in [-0.2, 0) is 13.2 Å². The molecule has 3 aromatic carbocycles. The largest absolute Gasteiger partial charge is 0.489 e. The van der Waals surface area contributed by atoms with Gasteiger partial charge in [-0.05, 0) is 47.5 Å². The van der Waals surface area contributed by atoms with E-state index in [9.17, 15) is 0 Å². The van der Waals surface area contributed by atoms with Crippen molar-refractivity contribution in [2.24, 2.45) is 0 Å². The first-order valence-corrected chi connectivity index (χ1v) is 9.90. The second-order valence-corrected chi connectivity index (χ2v) is 6.94. The quantitative estimate of drug-likeness (QED) is 0.344. The van der Waals surface area contributed by atoms with Crippen molar-refractivity contribution in [3.8, 4) is 34.4 Å². The molecule has 158 valence electrons. The normalized spacial score (nSPS) is 10.8. The van der Waals surface area contributed by atoms with E-state index in [2.05, 4.69) is 20.4 Å². The molecule has 2 heterocycles. The molecule has 0 radical (unpaired) electrons. The zero-order valence-corrected chi connectivity index (χ0v) is 16.9. The topological polar surface area (TPSA) is 96.3 Å². The van der Waals surface area contributed by atoms with Crippen LogP contribution in [0.3, 0.4) is 0 Å². The van der Waals surface area contributed by atoms with Crippen LogP contribution in [0.15, 0.2) is 94.4 Å². The summed E-state index contributed by atoms with van der Waals surface area (Å²) in [6.45, 7) is 0.890. The fraction of sp³-hybridized carbons (Fsp3) is 0.0833. The molecule has 0 spiro atoms. The van der Waals surface area contributed by atoms with Crippen LogP contribution in [-0.4, -0.2) is 20.4 Å². The van der Waals surface area contributed by atoms with E-state index in [0.717, 1.165) is 33.8 Å². The fourth-order valence-electron chi connectivity index (χ4n) is 3.10. The molecule has 5 aromatic rings. The van der Waals surface area contributed by atoms with E-state index in [1.807, 2.05) is 72.8 Å². The van der Waals surface area contributed by atoms with Gasteiger partial charge in [-0.2, -0.15) is 0 Å². The molecule has 32 heavy (non-hydrogen) atoms. The maximum absolute atomic E-state index is 5.91. The Morgan fingerprint density at radius 3 is 1.47 bits per heavy atom. The minimum atomic E-state index is 0.445. The summed E-state index contributed by atoms with van der Waals surface area (Å²) < 4.78 is 22.3. The number of aromatic nitrogens is 4. The number of nitrogens with zero attached hydrogens (tertiary/aromatic N) is 4. The monoisotopic (exact) mass is 426 g/mol. The standard InChI is InChI=1S/C24H18N4O4/c1-3-19(23-27-25-15-31-23)11-21(5-1)29-13-17-7-9-18(10-8-17)14-30-22-6-2-4-20(12-22)24-28-26-16-32-24/h1-12,15-16H,13-14H2. The molecular weight excluding hydrogens is 408 g/mol. The molecule has 8 heteroatoms. The molecule has 5 rings (SSSR count). The number of hydrogen-bond acceptors (Lipinski definition) is 8. The van der Waals surface area contributed by atoms with Crippen LogP contribution in [0.2, 0.25) is 0 Å². The average Bonchev–Trinajstić information content (AvgIpc) is 3.57. The van der Waals surface area contributed by atoms with Gasteiger partial charge in [0.2, 0.25) is 24.6 Å². The van der Waals surface area contributed by atoms with E-state index in [1.165, 1.54) is 12.8 Å². The summed E-state index contributed by atoms with van der Waals surface area (Å²) in [5.41, 5.74) is 3.73. The molecule has 0 saturated heterocycles. The van der Waals surface area contributed by atoms with Crippen molar-refractivity contribution >= 4 is 0 Å². The van der Waals surface area contributed by atoms with Gasteiger partial charge in [0.05, 0.1) is 0 Å². The summed E-state index contributed by atoms with van der Waals surface area (Å²) in [7, 11) is 0. The van der Waals surface area contributed by atoms with Gasteiger partial charge >= 0.3 is 0 Å². The summed E-state index contributed by atoms with van der Waals surface area (Å²) in [5.74, 6) is 2.38. The van der Waals surface area contributed by atoms with E-state index in [4.69, 9.17) is 18.3 Å². The highest BCUT2D eigenvalue weighted by Gasteiger charge is 2.07. The second-order valence-electron chi connectivity index (χ2n) is 6.94. The van der Waals surface area contributed by atoms with Gasteiger partial charge in [0.15, 0.2) is 0 Å². The Bertz CT molecular complexity index is 1170. The SMILES string of the molecule is c1cc(OCc2ccc(COc3cccc(-c4nnco4)c3)cc2)cc(-c2nnco2)c1. The molecular formula is C24H18N4O4. The molecule has 0 unspecified atom stereocenters. The summed E-state index contributed by atoms with van der Waals surface area (Å²) in [4.78, 5) is 0. The Morgan fingerprint density at radius 1 is 0.594 bits per heavy atom. The molecule has 0 bridgehead atoms. The first-order chi connectivity index (χ1) is 15.8. The third-order valence-corrected chi connectivity index (χ3v) is 4.72. The molecule has 0 aliphatic rings. The van der Waals surface area contributed by atoms with Crippen LogP contribution in [0.5, 0.6) is 11.5 Å². The lowest BCUT2D eigenvalue weighted by molar-refractivity contribution is 0.302. The number of ether oxygens (including phenoxy) is 2. The molecule has 0 atom stereocenters. The molecule has 0 aliphatic carbocycles. The van der Waals surface area contributed by atoms with E-state index in [-0.39, 0.29) is 0 Å². The number of rotatable bonds is 8. The molecule has 0 fully saturated rings. The Kier molecular flexibility index (Phi) is 5.56. The second kappa shape index (κ2) is 9.13. The lowest BCUT2D eigenvalue weighted by atomic mass is 10.1. The van der Waals surface area contributed by atoms with Gasteiger partial charge in [-0.25, -0.2) is 0 Å². The van der Waals surface area contributed by atoms with E-state index in [1.54, 1.807) is 0 Å². The smallest absolute Gasteiger partial charge is 0.247 e. The van der Waals surface area contributed by atoms with Crippen LogP contribution in [0, 0.1) is 0 Å². The van der Waals surface area contributed by atoms with Crippen LogP contribution >= 0.6 is 0 Å². The van der Waals surface area contributed by atoms with Crippen molar-refractivity contribution < 1.29 is 18.3 Å². The molecule has 0 saturated carbocycles. The van der Waals surface area contributed by atoms with Gasteiger partial charge < -0.3 is 18.3 Å². The lowest BCUT2D eigenvalue weighted by Gasteiger charge is -2.09. The highest BCUT2D eigenvalue weighted by Crippen LogP contribution is 2.24. The summed E-state index contributed by atoms with van der Waals surface area (Å²) >= 11 is 0. The average molecular weight is 426 g/mol. The Morgan fingerprint density at radius 2 is 1.06 bits per heavy atom. The maximum atomic E-state index is 5.91. The minimum absolute atomic E-state index is 0.445. The zero-order chi connectivity index (χ0) is 21.6. The van der Waals surface area contributed by atoms with Crippen molar-refractivity contribution in [3.05, 3.63) is 96.7 Å². The van der Waals surface area contributed by atoms with Crippen LogP contribution in [0.25, 0.3) is 22.9 Å². The third kappa shape index (κ3) is 4.65. The highest BCUT2D eigenvalue weighted by molar-refractivity contribution is 5.56. The summed E-state index contributed by atoms with van der Waals surface area (Å²) in [5, 5.41) is 15.2. The third-order valence-electron chi connectivity index (χ3n) is 4.72. The number of hydrogen-bond donors (Lipinski definition) is 0. The van der Waals surface area contributed by atoms with Crippen molar-refractivity contribution in [1.29, 1.82) is 0 Å². The Balaban J connectivity index is 1.17. The van der Waals surface area contributed by atoms with Crippen molar-refractivity contribution in [2.45, 2.75) is 13.2 Å². The molecule has 0 N–H and O–H groups in total. The van der Waals surface area contributed by atoms with Gasteiger partial charge in [-0.15, -0.1) is 20.4 Å². The van der Waals surface area contributed by atoms with E-state index < -0.39 is 0 Å². The number of benzene rings is 3. The van der Waals surface area contributed by atoms with Gasteiger partial charge in [0.25, 0.3) is 0 Å². The highest BCUT2D eigenvalue weighted by atomic mass is 16.5. The maximum Gasteiger partial charge on any atom is 0.247 e. The van der Waals surface area contributed by atoms with Gasteiger partial charge in [0, 0.05) is 11.1 Å². The van der Waals surface area contributed by atoms with Crippen molar-refractivity contribution in [2.75, 3.05) is 0 Å². The van der Waals surface area contributed by atoms with E-state index in [0.29, 0.717) is 25.0 Å². The molecule has 2 aromatic heterocycles. The van der Waals surface area contributed by atoms with Crippen molar-refractivity contribution in [3.63, 3.8) is 0 Å². The van der Waals surface area contributed by atoms with Crippen molar-refractivity contribution in [1.82, 2.24) is 20.4 Å². The zero-order valence-electron chi connectivity index (χ0n) is 16.9. The minimum Gasteiger partial charge on any atom is -0.489 e. The van der Waals surface area contributed by atoms with Crippen LogP contribution < -0.4 is 9.47 Å². The predicted octanol–water partition coefficient (Wildman–Crippen LogP) is 4.94. The van der Waals surface area contributed by atoms with E-state index >= 15 is 0 Å². The lowest BCUT2D eigenvalue weighted by Crippen LogP contribution is -1.98. The van der Waals surface area contributed by atoms with Crippen LogP contribution in [0.4, 0.5) is 0 Å². The Hall–Kier alpha value is -4.46. The summed E-state index contributed by atoms with van der Waals surface area (Å²) in [6, 6.07) is 23.2. The summed E-state index contributed by atoms with van der Waals surface area (Å²) in [6.07, 6.45) is 2.61. The molecule has 0 amide bonds. The first-order valence-electron chi connectivity index (χ1n) is 9.90. The van der Waals surface area contributed by atoms with Gasteiger partial charge in [-0.3, -0.25) is 0 Å². The molecule has 0 aliphatic heterocycles. The van der Waals surface area contributed by atoms with Gasteiger partial charge in [-0.1, -0.05) is 36.4 Å². The van der Waals surface area contributed by atoms with Gasteiger partial charge in [0.1, 0.15) is 24.7 Å². The molecule has 8 nitrogen and oxygen atoms in total. The Labute approximate surface area is 183 Å². The predicted molar refractivity (Wildman–Crippen MR) is 115 cm³/mol. The van der Waals surface area contributed by atoms with Crippen LogP contribution in [0.1, 0.15) is 11.1 Å².